The van der Waals surface area contributed by atoms with Gasteiger partial charge in [-0.15, -0.1) is 0 Å². The smallest absolute Gasteiger partial charge is 0.335 e. The van der Waals surface area contributed by atoms with E-state index in [0.29, 0.717) is 0 Å². The molecule has 6 rings (SSSR count). The molecule has 198 valence electrons. The molecule has 2 aromatic rings. The summed E-state index contributed by atoms with van der Waals surface area (Å²) in [7, 11) is 3.47. The summed E-state index contributed by atoms with van der Waals surface area (Å²) in [5, 5.41) is 2.35. The van der Waals surface area contributed by atoms with Gasteiger partial charge in [0.1, 0.15) is 11.5 Å². The third-order valence-corrected chi connectivity index (χ3v) is 7.63. The summed E-state index contributed by atoms with van der Waals surface area (Å²) in [6.45, 7) is 5.53. The second kappa shape index (κ2) is 10.4. The second-order valence-corrected chi connectivity index (χ2v) is 10.6. The van der Waals surface area contributed by atoms with Gasteiger partial charge in [-0.05, 0) is 47.4 Å². The molecule has 0 spiro atoms. The third-order valence-electron chi connectivity index (χ3n) is 5.89. The number of esters is 1. The Morgan fingerprint density at radius 3 is 2.03 bits per heavy atom. The molecular weight excluding hydrogens is 538 g/mol. The predicted molar refractivity (Wildman–Crippen MR) is 135 cm³/mol. The van der Waals surface area contributed by atoms with Crippen molar-refractivity contribution in [2.45, 2.75) is 31.3 Å². The van der Waals surface area contributed by atoms with Crippen LogP contribution in [-0.4, -0.2) is 61.4 Å². The first-order valence-corrected chi connectivity index (χ1v) is 13.2. The highest BCUT2D eigenvalue weighted by atomic mass is 35.7. The molecule has 1 saturated heterocycles. The molecule has 11 nitrogen and oxygen atoms in total. The summed E-state index contributed by atoms with van der Waals surface area (Å²) in [6.07, 6.45) is -0.391. The molecule has 2 bridgehead atoms. The van der Waals surface area contributed by atoms with Crippen LogP contribution < -0.4 is 10.1 Å². The quantitative estimate of drug-likeness (QED) is 0.153. The minimum atomic E-state index is -2.27. The number of carbonyl (C=O) groups is 5. The van der Waals surface area contributed by atoms with Gasteiger partial charge in [-0.25, -0.2) is 13.9 Å². The summed E-state index contributed by atoms with van der Waals surface area (Å²) < 4.78 is 22.3. The minimum absolute atomic E-state index is 0.136. The number of amides is 4. The summed E-state index contributed by atoms with van der Waals surface area (Å²) in [5.41, 5.74) is 0.498. The third kappa shape index (κ3) is 4.79. The number of hydrogen-bond donors (Lipinski definition) is 1. The fourth-order valence-corrected chi connectivity index (χ4v) is 5.49. The van der Waals surface area contributed by atoms with Gasteiger partial charge in [0, 0.05) is 13.0 Å². The molecule has 4 aliphatic heterocycles. The number of nitrogens with zero attached hydrogens (tertiary/aromatic N) is 2. The Labute approximate surface area is 224 Å². The molecule has 3 unspecified atom stereocenters. The summed E-state index contributed by atoms with van der Waals surface area (Å²) in [5.74, 6) is -1.56. The SMILES string of the molecule is C=C(C)C(C(=O)OCN1C(=O)c2ccccc2C1=O)N1C(=O)CC1(NC(C)=O)S(=O)Cl.c1cc2cc(c1)O2. The lowest BCUT2D eigenvalue weighted by Crippen LogP contribution is -2.76. The maximum atomic E-state index is 12.8. The highest BCUT2D eigenvalue weighted by Gasteiger charge is 2.61. The molecule has 0 aliphatic carbocycles. The number of hydrogen-bond acceptors (Lipinski definition) is 8. The van der Waals surface area contributed by atoms with Crippen LogP contribution in [0.25, 0.3) is 0 Å². The first-order valence-electron chi connectivity index (χ1n) is 11.2. The van der Waals surface area contributed by atoms with Crippen molar-refractivity contribution in [3.63, 3.8) is 0 Å². The van der Waals surface area contributed by atoms with Gasteiger partial charge in [-0.2, -0.15) is 0 Å². The molecule has 3 atom stereocenters. The Morgan fingerprint density at radius 1 is 1.11 bits per heavy atom. The molecule has 0 aromatic heterocycles. The number of likely N-dealkylation sites (tertiary alicyclic amines) is 1. The van der Waals surface area contributed by atoms with Crippen molar-refractivity contribution in [3.05, 3.63) is 71.8 Å². The molecule has 4 heterocycles. The van der Waals surface area contributed by atoms with Crippen molar-refractivity contribution < 1.29 is 37.7 Å². The largest absolute Gasteiger partial charge is 0.457 e. The fraction of sp³-hybridized carbons (Fsp3) is 0.240. The van der Waals surface area contributed by atoms with Gasteiger partial charge in [0.25, 0.3) is 11.8 Å². The highest BCUT2D eigenvalue weighted by Crippen LogP contribution is 2.38. The van der Waals surface area contributed by atoms with E-state index in [9.17, 15) is 28.2 Å². The van der Waals surface area contributed by atoms with Gasteiger partial charge < -0.3 is 14.8 Å². The molecular formula is C25H22ClN3O8S. The molecule has 1 N–H and O–H groups in total. The number of imide groups is 1. The molecule has 0 saturated carbocycles. The molecule has 0 radical (unpaired) electrons. The molecule has 13 heteroatoms. The number of benzene rings is 2. The summed E-state index contributed by atoms with van der Waals surface area (Å²) in [4.78, 5) is 61.3. The van der Waals surface area contributed by atoms with Gasteiger partial charge in [0.2, 0.25) is 16.8 Å². The van der Waals surface area contributed by atoms with E-state index in [0.717, 1.165) is 28.2 Å². The van der Waals surface area contributed by atoms with Crippen molar-refractivity contribution in [3.8, 4) is 11.5 Å². The number of nitrogens with one attached hydrogen (secondary N) is 1. The van der Waals surface area contributed by atoms with Crippen LogP contribution in [0.1, 0.15) is 41.0 Å². The van der Waals surface area contributed by atoms with Crippen LogP contribution in [0.5, 0.6) is 11.5 Å². The van der Waals surface area contributed by atoms with E-state index < -0.39 is 63.8 Å². The van der Waals surface area contributed by atoms with Gasteiger partial charge in [0.05, 0.1) is 17.5 Å². The van der Waals surface area contributed by atoms with Crippen LogP contribution in [0.15, 0.2) is 60.7 Å². The van der Waals surface area contributed by atoms with E-state index in [-0.39, 0.29) is 16.7 Å². The Hall–Kier alpha value is -4.03. The number of ether oxygens (including phenoxy) is 2. The highest BCUT2D eigenvalue weighted by molar-refractivity contribution is 8.09. The number of fused-ring (bicyclic) bond motifs is 3. The van der Waals surface area contributed by atoms with Gasteiger partial charge in [-0.1, -0.05) is 24.8 Å². The van der Waals surface area contributed by atoms with E-state index >= 15 is 0 Å². The van der Waals surface area contributed by atoms with Crippen molar-refractivity contribution in [2.24, 2.45) is 0 Å². The number of rotatable bonds is 7. The average molecular weight is 560 g/mol. The Morgan fingerprint density at radius 2 is 1.66 bits per heavy atom. The summed E-state index contributed by atoms with van der Waals surface area (Å²) >= 11 is 0. The van der Waals surface area contributed by atoms with E-state index in [1.54, 1.807) is 12.1 Å². The van der Waals surface area contributed by atoms with Crippen LogP contribution in [0.4, 0.5) is 0 Å². The van der Waals surface area contributed by atoms with Crippen LogP contribution >= 0.6 is 10.7 Å². The van der Waals surface area contributed by atoms with Crippen LogP contribution in [0.2, 0.25) is 0 Å². The molecule has 38 heavy (non-hydrogen) atoms. The maximum Gasteiger partial charge on any atom is 0.335 e. The monoisotopic (exact) mass is 559 g/mol. The van der Waals surface area contributed by atoms with Crippen LogP contribution in [0, 0.1) is 0 Å². The van der Waals surface area contributed by atoms with Gasteiger partial charge in [0.15, 0.2) is 22.8 Å². The van der Waals surface area contributed by atoms with Crippen LogP contribution in [-0.2, 0) is 29.1 Å². The number of halogens is 1. The zero-order chi connectivity index (χ0) is 27.8. The van der Waals surface area contributed by atoms with Crippen molar-refractivity contribution in [1.29, 1.82) is 0 Å². The predicted octanol–water partition coefficient (Wildman–Crippen LogP) is 2.45. The fourth-order valence-electron chi connectivity index (χ4n) is 4.16. The molecule has 4 aliphatic rings. The standard InChI is InChI=1S/C19H18ClN3O7S.C6H4O/c1-10(2)15(23-14(25)8-19(23,31(20)29)21-11(3)24)18(28)30-9-22-16(26)12-6-4-5-7-13(12)17(22)27;1-2-5-4-6(3-1)7-5/h4-7,15H,1,8-9H2,2-3H3,(H,21,24);1-4H. The Balaban J connectivity index is 0.000000408. The lowest BCUT2D eigenvalue weighted by Gasteiger charge is -2.51. The number of carbonyl (C=O) groups excluding carboxylic acids is 5. The van der Waals surface area contributed by atoms with E-state index in [4.69, 9.17) is 20.2 Å². The Bertz CT molecular complexity index is 1350. The zero-order valence-corrected chi connectivity index (χ0v) is 21.8. The molecule has 4 amide bonds. The van der Waals surface area contributed by atoms with E-state index in [1.807, 2.05) is 24.3 Å². The first kappa shape index (κ1) is 27.0. The van der Waals surface area contributed by atoms with Crippen molar-refractivity contribution in [2.75, 3.05) is 6.73 Å². The minimum Gasteiger partial charge on any atom is -0.457 e. The van der Waals surface area contributed by atoms with Crippen molar-refractivity contribution >= 4 is 50.3 Å². The topological polar surface area (TPSA) is 139 Å². The first-order chi connectivity index (χ1) is 18.0. The molecule has 1 fully saturated rings. The normalized spacial score (nSPS) is 20.0. The van der Waals surface area contributed by atoms with Gasteiger partial charge >= 0.3 is 5.97 Å². The van der Waals surface area contributed by atoms with Crippen LogP contribution in [0.3, 0.4) is 0 Å². The van der Waals surface area contributed by atoms with E-state index in [2.05, 4.69) is 11.9 Å². The average Bonchev–Trinajstić information content (AvgIpc) is 3.09. The Kier molecular flexibility index (Phi) is 7.38. The maximum absolute atomic E-state index is 12.8. The van der Waals surface area contributed by atoms with E-state index in [1.165, 1.54) is 19.1 Å². The lowest BCUT2D eigenvalue weighted by atomic mass is 10.00. The molecule has 2 aromatic carbocycles. The van der Waals surface area contributed by atoms with Gasteiger partial charge in [-0.3, -0.25) is 24.1 Å². The second-order valence-electron chi connectivity index (χ2n) is 8.63. The lowest BCUT2D eigenvalue weighted by molar-refractivity contribution is -0.169. The summed E-state index contributed by atoms with van der Waals surface area (Å²) in [6, 6.07) is 12.6. The zero-order valence-electron chi connectivity index (χ0n) is 20.3. The van der Waals surface area contributed by atoms with Crippen molar-refractivity contribution in [1.82, 2.24) is 15.1 Å². The number of β-lactam (4-membered cyclic amide) rings is 1.